The van der Waals surface area contributed by atoms with E-state index < -0.39 is 0 Å². The van der Waals surface area contributed by atoms with E-state index in [0.29, 0.717) is 34.5 Å². The average Bonchev–Trinajstić information content (AvgIpc) is 3.68. The van der Waals surface area contributed by atoms with Gasteiger partial charge in [0.2, 0.25) is 0 Å². The van der Waals surface area contributed by atoms with E-state index >= 15 is 0 Å². The number of rotatable bonds is 6. The zero-order chi connectivity index (χ0) is 29.4. The number of aromatic hydroxyl groups is 1. The van der Waals surface area contributed by atoms with E-state index in [1.54, 1.807) is 18.3 Å². The monoisotopic (exact) mass is 748 g/mol. The normalized spacial score (nSPS) is 11.5. The second-order valence-electron chi connectivity index (χ2n) is 11.8. The number of benzene rings is 3. The summed E-state index contributed by atoms with van der Waals surface area (Å²) in [6.07, 6.45) is 6.81. The first-order chi connectivity index (χ1) is 20.2. The Labute approximate surface area is 268 Å². The standard InChI is InChI=1S/C36H33N5O.Au/c1-23(2)25-12-6-7-13-26(25)27-14-8-9-15-28(27)32-21-41(22-38-32)34-19-24(36(3,4)5)18-30(39-34)35-37-20-31(40-35)29-16-10-11-17-33(29)42;/h6-21,23H,1-5H3,(H-,37,39,40,42);/q-2;. The van der Waals surface area contributed by atoms with Crippen LogP contribution in [0.4, 0.5) is 0 Å². The quantitative estimate of drug-likeness (QED) is 0.137. The third kappa shape index (κ3) is 6.13. The van der Waals surface area contributed by atoms with E-state index in [9.17, 15) is 5.11 Å². The third-order valence-corrected chi connectivity index (χ3v) is 7.47. The van der Waals surface area contributed by atoms with Crippen molar-refractivity contribution in [3.05, 3.63) is 115 Å². The number of phenolic OH excluding ortho intramolecular Hbond substituents is 1. The van der Waals surface area contributed by atoms with E-state index in [1.807, 2.05) is 35.0 Å². The van der Waals surface area contributed by atoms with Crippen LogP contribution in [0.15, 0.2) is 97.3 Å². The van der Waals surface area contributed by atoms with Crippen LogP contribution in [-0.2, 0) is 27.8 Å². The zero-order valence-electron chi connectivity index (χ0n) is 24.8. The Morgan fingerprint density at radius 3 is 2.16 bits per heavy atom. The molecule has 0 fully saturated rings. The van der Waals surface area contributed by atoms with Crippen LogP contribution in [0, 0.1) is 6.33 Å². The third-order valence-electron chi connectivity index (χ3n) is 7.47. The van der Waals surface area contributed by atoms with E-state index in [0.717, 1.165) is 22.4 Å². The zero-order valence-corrected chi connectivity index (χ0v) is 27.0. The van der Waals surface area contributed by atoms with Crippen LogP contribution in [0.3, 0.4) is 0 Å². The molecule has 0 amide bonds. The van der Waals surface area contributed by atoms with Gasteiger partial charge >= 0.3 is 0 Å². The number of pyridine rings is 1. The molecule has 6 nitrogen and oxygen atoms in total. The van der Waals surface area contributed by atoms with Crippen molar-refractivity contribution in [2.45, 2.75) is 46.0 Å². The van der Waals surface area contributed by atoms with Crippen LogP contribution in [0.1, 0.15) is 51.7 Å². The van der Waals surface area contributed by atoms with Crippen LogP contribution in [0.5, 0.6) is 5.75 Å². The fourth-order valence-electron chi connectivity index (χ4n) is 5.15. The molecule has 3 aromatic carbocycles. The fraction of sp³-hybridized carbons (Fsp3) is 0.194. The first-order valence-electron chi connectivity index (χ1n) is 14.2. The predicted octanol–water partition coefficient (Wildman–Crippen LogP) is 8.21. The van der Waals surface area contributed by atoms with Crippen molar-refractivity contribution in [1.82, 2.24) is 24.5 Å². The minimum atomic E-state index is -0.143. The van der Waals surface area contributed by atoms with E-state index in [2.05, 4.69) is 94.5 Å². The Bertz CT molecular complexity index is 1880. The van der Waals surface area contributed by atoms with Crippen molar-refractivity contribution in [2.24, 2.45) is 0 Å². The van der Waals surface area contributed by atoms with Gasteiger partial charge in [0.25, 0.3) is 0 Å². The maximum Gasteiger partial charge on any atom is 0.123 e. The molecule has 221 valence electrons. The van der Waals surface area contributed by atoms with Gasteiger partial charge in [-0.25, -0.2) is 0 Å². The Morgan fingerprint density at radius 1 is 0.814 bits per heavy atom. The number of aromatic nitrogens is 5. The number of nitrogens with zero attached hydrogens (tertiary/aromatic N) is 5. The molecular formula is C36H33AuN5O-2. The molecule has 0 aliphatic carbocycles. The molecule has 1 radical (unpaired) electrons. The van der Waals surface area contributed by atoms with Crippen LogP contribution >= 0.6 is 0 Å². The smallest absolute Gasteiger partial charge is 0.123 e. The average molecular weight is 749 g/mol. The van der Waals surface area contributed by atoms with Crippen molar-refractivity contribution in [2.75, 3.05) is 0 Å². The predicted molar refractivity (Wildman–Crippen MR) is 168 cm³/mol. The SMILES string of the molecule is CC(C)c1ccccc1-c1ccccc1-c1cn(-c2cc(C(C)(C)C)cc(-c3ncc(-c4ccccc4O)[n-]3)n2)[c-]n1.[Au]. The molecule has 3 aromatic heterocycles. The largest absolute Gasteiger partial charge is 0.507 e. The van der Waals surface area contributed by atoms with E-state index in [-0.39, 0.29) is 33.5 Å². The molecule has 0 saturated heterocycles. The molecule has 0 aliphatic heterocycles. The van der Waals surface area contributed by atoms with Crippen molar-refractivity contribution < 1.29 is 27.5 Å². The summed E-state index contributed by atoms with van der Waals surface area (Å²) in [6.45, 7) is 10.9. The van der Waals surface area contributed by atoms with E-state index in [4.69, 9.17) is 15.0 Å². The molecule has 0 atom stereocenters. The molecule has 0 bridgehead atoms. The molecular weight excluding hydrogens is 715 g/mol. The minimum absolute atomic E-state index is 0. The summed E-state index contributed by atoms with van der Waals surface area (Å²) in [7, 11) is 0. The summed E-state index contributed by atoms with van der Waals surface area (Å²) in [5, 5.41) is 10.3. The van der Waals surface area contributed by atoms with E-state index in [1.165, 1.54) is 11.1 Å². The summed E-state index contributed by atoms with van der Waals surface area (Å²) in [5.41, 5.74) is 8.34. The van der Waals surface area contributed by atoms with Crippen molar-refractivity contribution in [3.63, 3.8) is 0 Å². The van der Waals surface area contributed by atoms with Crippen molar-refractivity contribution >= 4 is 0 Å². The summed E-state index contributed by atoms with van der Waals surface area (Å²) in [6, 6.07) is 28.2. The van der Waals surface area contributed by atoms with Crippen LogP contribution in [-0.4, -0.2) is 24.6 Å². The molecule has 1 N–H and O–H groups in total. The molecule has 0 saturated carbocycles. The van der Waals surface area contributed by atoms with Crippen LogP contribution < -0.4 is 4.98 Å². The summed E-state index contributed by atoms with van der Waals surface area (Å²) in [5.74, 6) is 1.74. The number of hydrogen-bond donors (Lipinski definition) is 1. The molecule has 0 spiro atoms. The fourth-order valence-corrected chi connectivity index (χ4v) is 5.15. The summed E-state index contributed by atoms with van der Waals surface area (Å²) < 4.78 is 1.84. The summed E-state index contributed by atoms with van der Waals surface area (Å²) in [4.78, 5) is 18.9. The minimum Gasteiger partial charge on any atom is -0.507 e. The molecule has 0 aliphatic rings. The van der Waals surface area contributed by atoms with Gasteiger partial charge in [-0.2, -0.15) is 0 Å². The second-order valence-corrected chi connectivity index (χ2v) is 11.8. The topological polar surface area (TPSA) is 77.9 Å². The van der Waals surface area contributed by atoms with Crippen LogP contribution in [0.2, 0.25) is 0 Å². The van der Waals surface area contributed by atoms with Crippen molar-refractivity contribution in [3.8, 4) is 56.7 Å². The van der Waals surface area contributed by atoms with Gasteiger partial charge < -0.3 is 24.6 Å². The molecule has 43 heavy (non-hydrogen) atoms. The van der Waals surface area contributed by atoms with Gasteiger partial charge in [-0.15, -0.1) is 0 Å². The number of imidazole rings is 2. The molecule has 6 rings (SSSR count). The van der Waals surface area contributed by atoms with Gasteiger partial charge in [0, 0.05) is 34.3 Å². The maximum absolute atomic E-state index is 10.3. The van der Waals surface area contributed by atoms with Gasteiger partial charge in [-0.05, 0) is 68.5 Å². The second kappa shape index (κ2) is 12.2. The first kappa shape index (κ1) is 30.2. The Balaban J connectivity index is 0.00000368. The number of phenols is 1. The molecule has 3 heterocycles. The van der Waals surface area contributed by atoms with Gasteiger partial charge in [-0.1, -0.05) is 120 Å². The molecule has 7 heteroatoms. The Morgan fingerprint density at radius 2 is 1.47 bits per heavy atom. The number of para-hydroxylation sites is 1. The molecule has 0 unspecified atom stereocenters. The summed E-state index contributed by atoms with van der Waals surface area (Å²) >= 11 is 0. The van der Waals surface area contributed by atoms with Gasteiger partial charge in [0.1, 0.15) is 5.75 Å². The number of hydrogen-bond acceptors (Lipinski definition) is 4. The first-order valence-corrected chi connectivity index (χ1v) is 14.2. The van der Waals surface area contributed by atoms with Crippen LogP contribution in [0.25, 0.3) is 51.0 Å². The Kier molecular flexibility index (Phi) is 8.56. The Hall–Kier alpha value is -4.23. The van der Waals surface area contributed by atoms with Gasteiger partial charge in [0.15, 0.2) is 0 Å². The van der Waals surface area contributed by atoms with Gasteiger partial charge in [-0.3, -0.25) is 4.98 Å². The van der Waals surface area contributed by atoms with Gasteiger partial charge in [0.05, 0.1) is 11.5 Å². The molecule has 6 aromatic rings. The maximum atomic E-state index is 10.3. The van der Waals surface area contributed by atoms with Crippen molar-refractivity contribution in [1.29, 1.82) is 0 Å².